The molecule has 2 amide bonds. The molecule has 0 unspecified atom stereocenters. The average Bonchev–Trinajstić information content (AvgIpc) is 2.49. The zero-order valence-electron chi connectivity index (χ0n) is 11.3. The molecule has 1 saturated heterocycles. The summed E-state index contributed by atoms with van der Waals surface area (Å²) in [4.78, 5) is 13.5. The number of nitrogens with one attached hydrogen (secondary N) is 2. The molecule has 2 heterocycles. The molecule has 3 rings (SSSR count). The Hall–Kier alpha value is -2.08. The molecule has 6 nitrogen and oxygen atoms in total. The predicted octanol–water partition coefficient (Wildman–Crippen LogP) is 1.75. The number of rotatable bonds is 0. The Morgan fingerprint density at radius 1 is 1.35 bits per heavy atom. The van der Waals surface area contributed by atoms with Crippen molar-refractivity contribution in [3.63, 3.8) is 0 Å². The lowest BCUT2D eigenvalue weighted by atomic mass is 9.90. The summed E-state index contributed by atoms with van der Waals surface area (Å²) < 4.78 is 11.4. The largest absolute Gasteiger partial charge is 0.477 e. The number of carbonyl (C=O) groups excluding carboxylic acids is 1. The molecule has 1 aromatic rings. The van der Waals surface area contributed by atoms with Crippen molar-refractivity contribution < 1.29 is 14.3 Å². The van der Waals surface area contributed by atoms with E-state index in [-0.39, 0.29) is 11.9 Å². The molecule has 2 aliphatic heterocycles. The second-order valence-corrected chi connectivity index (χ2v) is 4.92. The van der Waals surface area contributed by atoms with Crippen LogP contribution >= 0.6 is 0 Å². The van der Waals surface area contributed by atoms with E-state index < -0.39 is 5.60 Å². The molecule has 20 heavy (non-hydrogen) atoms. The summed E-state index contributed by atoms with van der Waals surface area (Å²) in [5.41, 5.74) is -0.159. The summed E-state index contributed by atoms with van der Waals surface area (Å²) in [6.45, 7) is 1.07. The Bertz CT molecular complexity index is 552. The zero-order valence-corrected chi connectivity index (χ0v) is 11.3. The highest BCUT2D eigenvalue weighted by Crippen LogP contribution is 2.41. The van der Waals surface area contributed by atoms with E-state index in [4.69, 9.17) is 14.9 Å². The normalized spacial score (nSPS) is 20.2. The summed E-state index contributed by atoms with van der Waals surface area (Å²) in [5.74, 6) is 0.813. The standard InChI is InChI=1S/C14H17N3O3/c1-16-13(18)17-10-4-2-3-5-11(10)20-14(12(17)15)6-8-19-9-7-14/h2-5,15H,6-9H2,1H3,(H,16,18). The van der Waals surface area contributed by atoms with E-state index in [0.29, 0.717) is 37.5 Å². The summed E-state index contributed by atoms with van der Waals surface area (Å²) >= 11 is 0. The monoisotopic (exact) mass is 275 g/mol. The Morgan fingerprint density at radius 3 is 2.75 bits per heavy atom. The van der Waals surface area contributed by atoms with Gasteiger partial charge in [0, 0.05) is 19.9 Å². The van der Waals surface area contributed by atoms with E-state index >= 15 is 0 Å². The zero-order chi connectivity index (χ0) is 14.2. The average molecular weight is 275 g/mol. The first kappa shape index (κ1) is 12.9. The Balaban J connectivity index is 2.08. The van der Waals surface area contributed by atoms with Gasteiger partial charge in [-0.3, -0.25) is 5.41 Å². The van der Waals surface area contributed by atoms with Crippen LogP contribution in [0.25, 0.3) is 0 Å². The van der Waals surface area contributed by atoms with Crippen molar-refractivity contribution in [2.75, 3.05) is 25.2 Å². The lowest BCUT2D eigenvalue weighted by Crippen LogP contribution is -2.61. The quantitative estimate of drug-likeness (QED) is 0.757. The summed E-state index contributed by atoms with van der Waals surface area (Å²) in [7, 11) is 1.56. The number of anilines is 1. The smallest absolute Gasteiger partial charge is 0.327 e. The second kappa shape index (κ2) is 4.79. The minimum atomic E-state index is -0.765. The van der Waals surface area contributed by atoms with Gasteiger partial charge < -0.3 is 14.8 Å². The molecular weight excluding hydrogens is 258 g/mol. The number of ether oxygens (including phenoxy) is 2. The van der Waals surface area contributed by atoms with Crippen molar-refractivity contribution in [2.45, 2.75) is 18.4 Å². The molecular formula is C14H17N3O3. The molecule has 0 aromatic heterocycles. The fraction of sp³-hybridized carbons (Fsp3) is 0.429. The van der Waals surface area contributed by atoms with Gasteiger partial charge in [0.2, 0.25) is 0 Å². The molecule has 0 saturated carbocycles. The Morgan fingerprint density at radius 2 is 2.05 bits per heavy atom. The van der Waals surface area contributed by atoms with Crippen LogP contribution in [-0.4, -0.2) is 37.7 Å². The summed E-state index contributed by atoms with van der Waals surface area (Å²) in [6.07, 6.45) is 1.15. The van der Waals surface area contributed by atoms with Crippen LogP contribution in [-0.2, 0) is 4.74 Å². The summed E-state index contributed by atoms with van der Waals surface area (Å²) in [6, 6.07) is 6.98. The number of carbonyl (C=O) groups is 1. The molecule has 2 N–H and O–H groups in total. The van der Waals surface area contributed by atoms with Crippen LogP contribution in [0, 0.1) is 5.41 Å². The highest BCUT2D eigenvalue weighted by molar-refractivity contribution is 6.20. The van der Waals surface area contributed by atoms with Gasteiger partial charge in [-0.2, -0.15) is 0 Å². The van der Waals surface area contributed by atoms with Crippen LogP contribution in [0.3, 0.4) is 0 Å². The van der Waals surface area contributed by atoms with Gasteiger partial charge in [-0.1, -0.05) is 12.1 Å². The number of benzene rings is 1. The van der Waals surface area contributed by atoms with Crippen molar-refractivity contribution in [1.82, 2.24) is 5.32 Å². The fourth-order valence-electron chi connectivity index (χ4n) is 2.67. The van der Waals surface area contributed by atoms with Crippen LogP contribution in [0.5, 0.6) is 5.75 Å². The first-order valence-corrected chi connectivity index (χ1v) is 6.65. The number of amidine groups is 1. The number of para-hydroxylation sites is 2. The van der Waals surface area contributed by atoms with Gasteiger partial charge >= 0.3 is 6.03 Å². The minimum Gasteiger partial charge on any atom is -0.477 e. The molecule has 0 bridgehead atoms. The van der Waals surface area contributed by atoms with Crippen molar-refractivity contribution in [3.8, 4) is 5.75 Å². The van der Waals surface area contributed by atoms with Gasteiger partial charge in [-0.05, 0) is 12.1 Å². The van der Waals surface area contributed by atoms with Gasteiger partial charge in [-0.15, -0.1) is 0 Å². The van der Waals surface area contributed by atoms with Gasteiger partial charge in [0.25, 0.3) is 0 Å². The van der Waals surface area contributed by atoms with E-state index in [1.165, 1.54) is 4.90 Å². The number of nitrogens with zero attached hydrogens (tertiary/aromatic N) is 1. The maximum Gasteiger partial charge on any atom is 0.327 e. The molecule has 0 atom stereocenters. The number of urea groups is 1. The number of fused-ring (bicyclic) bond motifs is 1. The topological polar surface area (TPSA) is 74.7 Å². The van der Waals surface area contributed by atoms with Crippen molar-refractivity contribution in [3.05, 3.63) is 24.3 Å². The van der Waals surface area contributed by atoms with Crippen LogP contribution < -0.4 is 15.0 Å². The van der Waals surface area contributed by atoms with Crippen molar-refractivity contribution in [2.24, 2.45) is 0 Å². The number of hydrogen-bond acceptors (Lipinski definition) is 4. The maximum absolute atomic E-state index is 12.2. The van der Waals surface area contributed by atoms with Gasteiger partial charge in [-0.25, -0.2) is 9.69 Å². The van der Waals surface area contributed by atoms with E-state index in [1.54, 1.807) is 13.1 Å². The summed E-state index contributed by atoms with van der Waals surface area (Å²) in [5, 5.41) is 11.0. The molecule has 106 valence electrons. The minimum absolute atomic E-state index is 0.179. The van der Waals surface area contributed by atoms with Gasteiger partial charge in [0.15, 0.2) is 11.4 Å². The Kier molecular flexibility index (Phi) is 3.10. The fourth-order valence-corrected chi connectivity index (χ4v) is 2.67. The third-order valence-electron chi connectivity index (χ3n) is 3.78. The van der Waals surface area contributed by atoms with Gasteiger partial charge in [0.05, 0.1) is 18.9 Å². The van der Waals surface area contributed by atoms with Crippen LogP contribution in [0.4, 0.5) is 10.5 Å². The third-order valence-corrected chi connectivity index (χ3v) is 3.78. The van der Waals surface area contributed by atoms with Gasteiger partial charge in [0.1, 0.15) is 5.75 Å². The predicted molar refractivity (Wildman–Crippen MR) is 74.5 cm³/mol. The first-order valence-electron chi connectivity index (χ1n) is 6.65. The first-order chi connectivity index (χ1) is 9.68. The van der Waals surface area contributed by atoms with E-state index in [1.807, 2.05) is 18.2 Å². The van der Waals surface area contributed by atoms with Crippen molar-refractivity contribution in [1.29, 1.82) is 5.41 Å². The highest BCUT2D eigenvalue weighted by atomic mass is 16.5. The van der Waals surface area contributed by atoms with Crippen LogP contribution in [0.15, 0.2) is 24.3 Å². The molecule has 1 fully saturated rings. The highest BCUT2D eigenvalue weighted by Gasteiger charge is 2.48. The molecule has 2 aliphatic rings. The van der Waals surface area contributed by atoms with Crippen LogP contribution in [0.2, 0.25) is 0 Å². The molecule has 0 aliphatic carbocycles. The van der Waals surface area contributed by atoms with E-state index in [9.17, 15) is 4.79 Å². The Labute approximate surface area is 117 Å². The second-order valence-electron chi connectivity index (χ2n) is 4.92. The van der Waals surface area contributed by atoms with E-state index in [0.717, 1.165) is 0 Å². The lowest BCUT2D eigenvalue weighted by Gasteiger charge is -2.45. The van der Waals surface area contributed by atoms with E-state index in [2.05, 4.69) is 5.32 Å². The third kappa shape index (κ3) is 1.84. The lowest BCUT2D eigenvalue weighted by molar-refractivity contribution is -0.00850. The van der Waals surface area contributed by atoms with Crippen LogP contribution in [0.1, 0.15) is 12.8 Å². The SMILES string of the molecule is CNC(=O)N1C(=N)C2(CCOCC2)Oc2ccccc21. The van der Waals surface area contributed by atoms with Crippen molar-refractivity contribution >= 4 is 17.6 Å². The molecule has 1 spiro atoms. The molecule has 6 heteroatoms. The maximum atomic E-state index is 12.2. The number of amides is 2. The molecule has 1 aromatic carbocycles. The molecule has 0 radical (unpaired) electrons. The number of hydrogen-bond donors (Lipinski definition) is 2.